The fourth-order valence-corrected chi connectivity index (χ4v) is 2.98. The van der Waals surface area contributed by atoms with Gasteiger partial charge < -0.3 is 4.74 Å². The molecule has 128 valence electrons. The van der Waals surface area contributed by atoms with E-state index in [2.05, 4.69) is 10.4 Å². The number of amides is 1. The molecule has 0 aliphatic heterocycles. The molecule has 3 rings (SSSR count). The third-order valence-corrected chi connectivity index (χ3v) is 4.13. The van der Waals surface area contributed by atoms with Crippen LogP contribution in [0.4, 0.5) is 0 Å². The van der Waals surface area contributed by atoms with Crippen molar-refractivity contribution in [2.45, 2.75) is 20.8 Å². The van der Waals surface area contributed by atoms with Crippen molar-refractivity contribution in [1.82, 2.24) is 4.68 Å². The number of rotatable bonds is 4. The lowest BCUT2D eigenvalue weighted by atomic mass is 10.2. The molecule has 1 aromatic carbocycles. The summed E-state index contributed by atoms with van der Waals surface area (Å²) >= 11 is 0. The van der Waals surface area contributed by atoms with E-state index in [9.17, 15) is 9.59 Å². The van der Waals surface area contributed by atoms with Gasteiger partial charge in [-0.3, -0.25) is 19.7 Å². The zero-order valence-electron chi connectivity index (χ0n) is 14.4. The molecule has 0 unspecified atom stereocenters. The number of nitrogens with zero attached hydrogens (tertiary/aromatic N) is 1. The van der Waals surface area contributed by atoms with Crippen molar-refractivity contribution in [2.24, 2.45) is 0 Å². The highest BCUT2D eigenvalue weighted by Gasteiger charge is 2.18. The molecule has 25 heavy (non-hydrogen) atoms. The Morgan fingerprint density at radius 1 is 1.12 bits per heavy atom. The average Bonchev–Trinajstić information content (AvgIpc) is 2.76. The van der Waals surface area contributed by atoms with Crippen LogP contribution >= 0.6 is 0 Å². The molecule has 2 heterocycles. The molecule has 3 aromatic rings. The van der Waals surface area contributed by atoms with Crippen LogP contribution in [0.5, 0.6) is 5.75 Å². The Bertz CT molecular complexity index is 994. The Kier molecular flexibility index (Phi) is 4.52. The van der Waals surface area contributed by atoms with E-state index in [0.29, 0.717) is 29.0 Å². The quantitative estimate of drug-likeness (QED) is 0.792. The normalized spacial score (nSPS) is 10.7. The van der Waals surface area contributed by atoms with Gasteiger partial charge in [-0.2, -0.15) is 0 Å². The molecular weight excluding hydrogens is 318 g/mol. The summed E-state index contributed by atoms with van der Waals surface area (Å²) in [6.07, 6.45) is 3.37. The lowest BCUT2D eigenvalue weighted by molar-refractivity contribution is -0.378. The smallest absolute Gasteiger partial charge is 0.270 e. The van der Waals surface area contributed by atoms with Crippen molar-refractivity contribution in [3.8, 4) is 5.75 Å². The Hall–Kier alpha value is -3.15. The van der Waals surface area contributed by atoms with Crippen LogP contribution in [0.25, 0.3) is 10.8 Å². The number of aromatic amines is 1. The van der Waals surface area contributed by atoms with E-state index in [0.717, 1.165) is 11.1 Å². The van der Waals surface area contributed by atoms with E-state index in [1.165, 1.54) is 6.07 Å². The molecule has 0 aliphatic rings. The summed E-state index contributed by atoms with van der Waals surface area (Å²) in [6, 6.07) is 8.35. The maximum Gasteiger partial charge on any atom is 0.270 e. The molecule has 6 heteroatoms. The van der Waals surface area contributed by atoms with Gasteiger partial charge in [0.1, 0.15) is 5.75 Å². The third kappa shape index (κ3) is 2.98. The van der Waals surface area contributed by atoms with Crippen molar-refractivity contribution in [1.29, 1.82) is 0 Å². The van der Waals surface area contributed by atoms with Crippen LogP contribution in [-0.2, 0) is 0 Å². The molecule has 2 aromatic heterocycles. The summed E-state index contributed by atoms with van der Waals surface area (Å²) in [5.74, 6) is 0.373. The zero-order valence-corrected chi connectivity index (χ0v) is 14.4. The van der Waals surface area contributed by atoms with Gasteiger partial charge in [0.05, 0.1) is 22.9 Å². The number of pyridine rings is 1. The van der Waals surface area contributed by atoms with Gasteiger partial charge in [-0.15, -0.1) is 0 Å². The Labute approximate surface area is 145 Å². The topological polar surface area (TPSA) is 74.5 Å². The number of nitrogens with one attached hydrogen (secondary N) is 2. The average molecular weight is 338 g/mol. The maximum absolute atomic E-state index is 12.5. The fourth-order valence-electron chi connectivity index (χ4n) is 2.98. The summed E-state index contributed by atoms with van der Waals surface area (Å²) < 4.78 is 7.35. The first kappa shape index (κ1) is 16.7. The number of H-pyrrole nitrogens is 1. The van der Waals surface area contributed by atoms with Gasteiger partial charge in [-0.05, 0) is 32.9 Å². The first-order valence-electron chi connectivity index (χ1n) is 8.09. The molecule has 1 amide bonds. The van der Waals surface area contributed by atoms with Gasteiger partial charge in [0.25, 0.3) is 5.91 Å². The van der Waals surface area contributed by atoms with Crippen LogP contribution in [0, 0.1) is 13.8 Å². The van der Waals surface area contributed by atoms with Crippen LogP contribution in [0.1, 0.15) is 28.7 Å². The second-order valence-electron chi connectivity index (χ2n) is 5.67. The van der Waals surface area contributed by atoms with E-state index >= 15 is 0 Å². The van der Waals surface area contributed by atoms with Gasteiger partial charge in [0.2, 0.25) is 0 Å². The molecule has 0 radical (unpaired) electrons. The summed E-state index contributed by atoms with van der Waals surface area (Å²) in [7, 11) is 0. The standard InChI is InChI=1S/C19H19N3O3/c1-4-25-16-7-5-6-15(23)17-12(2)22(13(3)18(16)17)21-19(24)14-8-10-20-11-9-14/h5-11H,4H2,1-3H3,(H,21,24)/p+1. The highest BCUT2D eigenvalue weighted by Crippen LogP contribution is 2.29. The van der Waals surface area contributed by atoms with E-state index in [4.69, 9.17) is 4.74 Å². The maximum atomic E-state index is 12.5. The minimum atomic E-state index is -0.254. The Morgan fingerprint density at radius 3 is 2.48 bits per heavy atom. The number of hydrogen-bond donors (Lipinski definition) is 1. The molecule has 0 atom stereocenters. The SMILES string of the molecule is CCOc1cccc(=O)c2c(C)n(NC(=O)c3cc[nH+]cc3)c(C)c12. The number of aryl methyl sites for hydroxylation is 2. The largest absolute Gasteiger partial charge is 0.493 e. The number of ether oxygens (including phenoxy) is 1. The highest BCUT2D eigenvalue weighted by molar-refractivity contribution is 6.01. The predicted octanol–water partition coefficient (Wildman–Crippen LogP) is 2.22. The van der Waals surface area contributed by atoms with Gasteiger partial charge in [-0.1, -0.05) is 6.07 Å². The van der Waals surface area contributed by atoms with Gasteiger partial charge in [-0.25, -0.2) is 4.98 Å². The summed E-state index contributed by atoms with van der Waals surface area (Å²) in [6.45, 7) is 6.05. The minimum absolute atomic E-state index is 0.108. The van der Waals surface area contributed by atoms with Crippen molar-refractivity contribution in [3.05, 3.63) is 69.9 Å². The molecule has 0 fully saturated rings. The summed E-state index contributed by atoms with van der Waals surface area (Å²) in [5.41, 5.74) is 4.70. The molecule has 0 spiro atoms. The van der Waals surface area contributed by atoms with Crippen molar-refractivity contribution in [2.75, 3.05) is 12.0 Å². The zero-order chi connectivity index (χ0) is 18.0. The van der Waals surface area contributed by atoms with Crippen molar-refractivity contribution in [3.63, 3.8) is 0 Å². The van der Waals surface area contributed by atoms with E-state index in [-0.39, 0.29) is 11.3 Å². The second kappa shape index (κ2) is 6.76. The number of fused-ring (bicyclic) bond motifs is 1. The number of carbonyl (C=O) groups is 1. The van der Waals surface area contributed by atoms with Crippen LogP contribution in [0.2, 0.25) is 0 Å². The van der Waals surface area contributed by atoms with Crippen LogP contribution in [-0.4, -0.2) is 17.2 Å². The summed E-state index contributed by atoms with van der Waals surface area (Å²) in [5, 5.41) is 1.27. The Balaban J connectivity index is 2.18. The molecule has 0 bridgehead atoms. The number of aromatic nitrogens is 2. The highest BCUT2D eigenvalue weighted by atomic mass is 16.5. The van der Waals surface area contributed by atoms with Crippen LogP contribution < -0.4 is 20.6 Å². The van der Waals surface area contributed by atoms with E-state index < -0.39 is 0 Å². The van der Waals surface area contributed by atoms with Crippen LogP contribution in [0.3, 0.4) is 0 Å². The number of hydrogen-bond acceptors (Lipinski definition) is 3. The fraction of sp³-hybridized carbons (Fsp3) is 0.211. The lowest BCUT2D eigenvalue weighted by Crippen LogP contribution is -2.25. The summed E-state index contributed by atoms with van der Waals surface area (Å²) in [4.78, 5) is 27.9. The molecule has 0 saturated carbocycles. The second-order valence-corrected chi connectivity index (χ2v) is 5.67. The lowest BCUT2D eigenvalue weighted by Gasteiger charge is -2.11. The minimum Gasteiger partial charge on any atom is -0.493 e. The molecule has 6 nitrogen and oxygen atoms in total. The first-order chi connectivity index (χ1) is 12.0. The van der Waals surface area contributed by atoms with Crippen LogP contribution in [0.15, 0.2) is 47.5 Å². The molecular formula is C19H20N3O3+. The van der Waals surface area contributed by atoms with E-state index in [1.54, 1.807) is 41.3 Å². The number of carbonyl (C=O) groups excluding carboxylic acids is 1. The predicted molar refractivity (Wildman–Crippen MR) is 95.5 cm³/mol. The van der Waals surface area contributed by atoms with Gasteiger partial charge >= 0.3 is 0 Å². The van der Waals surface area contributed by atoms with E-state index in [1.807, 2.05) is 20.8 Å². The third-order valence-electron chi connectivity index (χ3n) is 4.13. The van der Waals surface area contributed by atoms with Gasteiger partial charge in [0.15, 0.2) is 17.8 Å². The Morgan fingerprint density at radius 2 is 1.80 bits per heavy atom. The van der Waals surface area contributed by atoms with Crippen molar-refractivity contribution >= 4 is 16.7 Å². The van der Waals surface area contributed by atoms with Gasteiger partial charge in [0, 0.05) is 23.5 Å². The molecule has 0 aliphatic carbocycles. The molecule has 2 N–H and O–H groups in total. The van der Waals surface area contributed by atoms with Crippen molar-refractivity contribution < 1.29 is 14.5 Å². The molecule has 0 saturated heterocycles. The first-order valence-corrected chi connectivity index (χ1v) is 8.09. The monoisotopic (exact) mass is 338 g/mol.